The standard InChI is InChI=1S/C22H26N4O3/c1-24-5-6-29-14-20(24)22(28)25-11-15-7-18(13-25)19-8-17(9-21(27)26(19)12-15)16-3-2-4-23-10-16/h2-4,8-10,15,18,20H,5-7,11-14H2,1H3/t15-,18+,20+/m0/s1. The van der Waals surface area contributed by atoms with Crippen LogP contribution >= 0.6 is 0 Å². The van der Waals surface area contributed by atoms with E-state index >= 15 is 0 Å². The van der Waals surface area contributed by atoms with Gasteiger partial charge in [0.25, 0.3) is 5.56 Å². The van der Waals surface area contributed by atoms with E-state index < -0.39 is 0 Å². The van der Waals surface area contributed by atoms with Gasteiger partial charge < -0.3 is 14.2 Å². The van der Waals surface area contributed by atoms with Crippen molar-refractivity contribution in [2.45, 2.75) is 24.9 Å². The number of carbonyl (C=O) groups is 1. The Hall–Kier alpha value is -2.51. The van der Waals surface area contributed by atoms with E-state index in [1.165, 1.54) is 0 Å². The maximum absolute atomic E-state index is 13.2. The maximum Gasteiger partial charge on any atom is 0.251 e. The molecule has 7 heteroatoms. The van der Waals surface area contributed by atoms with E-state index in [2.05, 4.69) is 16.0 Å². The van der Waals surface area contributed by atoms with Crippen molar-refractivity contribution >= 4 is 5.91 Å². The Bertz CT molecular complexity index is 974. The molecule has 3 aliphatic rings. The molecule has 7 nitrogen and oxygen atoms in total. The molecule has 152 valence electrons. The molecule has 5 rings (SSSR count). The number of likely N-dealkylation sites (N-methyl/N-ethyl adjacent to an activating group) is 1. The Morgan fingerprint density at radius 2 is 2.10 bits per heavy atom. The summed E-state index contributed by atoms with van der Waals surface area (Å²) in [4.78, 5) is 34.3. The van der Waals surface area contributed by atoms with Crippen LogP contribution in [-0.2, 0) is 16.1 Å². The van der Waals surface area contributed by atoms with E-state index in [1.807, 2.05) is 28.6 Å². The summed E-state index contributed by atoms with van der Waals surface area (Å²) in [6.07, 6.45) is 4.54. The first-order valence-corrected chi connectivity index (χ1v) is 10.3. The SMILES string of the molecule is CN1CCOC[C@@H]1C(=O)N1C[C@@H]2C[C@H](C1)c1cc(-c3cccnc3)cc(=O)n1C2. The molecule has 0 saturated carbocycles. The molecule has 5 heterocycles. The molecule has 2 aromatic rings. The minimum Gasteiger partial charge on any atom is -0.378 e. The molecule has 3 aliphatic heterocycles. The molecule has 3 atom stereocenters. The van der Waals surface area contributed by atoms with Gasteiger partial charge in [-0.05, 0) is 37.1 Å². The highest BCUT2D eigenvalue weighted by Crippen LogP contribution is 2.37. The average Bonchev–Trinajstić information content (AvgIpc) is 2.75. The molecule has 2 aromatic heterocycles. The molecule has 2 bridgehead atoms. The molecule has 0 radical (unpaired) electrons. The molecular weight excluding hydrogens is 368 g/mol. The largest absolute Gasteiger partial charge is 0.378 e. The van der Waals surface area contributed by atoms with Crippen molar-refractivity contribution in [3.63, 3.8) is 0 Å². The van der Waals surface area contributed by atoms with Gasteiger partial charge in [-0.2, -0.15) is 0 Å². The van der Waals surface area contributed by atoms with Gasteiger partial charge in [0.2, 0.25) is 5.91 Å². The summed E-state index contributed by atoms with van der Waals surface area (Å²) in [5.74, 6) is 0.661. The molecule has 0 spiro atoms. The number of rotatable bonds is 2. The first-order valence-electron chi connectivity index (χ1n) is 10.3. The fourth-order valence-electron chi connectivity index (χ4n) is 5.00. The van der Waals surface area contributed by atoms with Gasteiger partial charge in [-0.1, -0.05) is 6.07 Å². The lowest BCUT2D eigenvalue weighted by Gasteiger charge is -2.45. The number of pyridine rings is 2. The molecule has 0 unspecified atom stereocenters. The Labute approximate surface area is 169 Å². The Morgan fingerprint density at radius 1 is 1.21 bits per heavy atom. The monoisotopic (exact) mass is 394 g/mol. The molecule has 1 amide bonds. The summed E-state index contributed by atoms with van der Waals surface area (Å²) < 4.78 is 7.47. The van der Waals surface area contributed by atoms with Crippen molar-refractivity contribution < 1.29 is 9.53 Å². The smallest absolute Gasteiger partial charge is 0.251 e. The number of hydrogen-bond acceptors (Lipinski definition) is 5. The number of carbonyl (C=O) groups excluding carboxylic acids is 1. The van der Waals surface area contributed by atoms with E-state index in [-0.39, 0.29) is 23.4 Å². The third-order valence-electron chi connectivity index (χ3n) is 6.54. The summed E-state index contributed by atoms with van der Waals surface area (Å²) in [5, 5.41) is 0. The van der Waals surface area contributed by atoms with Gasteiger partial charge in [-0.15, -0.1) is 0 Å². The Balaban J connectivity index is 1.44. The van der Waals surface area contributed by atoms with E-state index in [0.717, 1.165) is 36.3 Å². The average molecular weight is 394 g/mol. The van der Waals surface area contributed by atoms with E-state index in [1.54, 1.807) is 18.5 Å². The van der Waals surface area contributed by atoms with Crippen molar-refractivity contribution in [1.29, 1.82) is 0 Å². The summed E-state index contributed by atoms with van der Waals surface area (Å²) >= 11 is 0. The number of likely N-dealkylation sites (tertiary alicyclic amines) is 1. The quantitative estimate of drug-likeness (QED) is 0.765. The van der Waals surface area contributed by atoms with E-state index in [4.69, 9.17) is 4.74 Å². The molecule has 0 aromatic carbocycles. The zero-order chi connectivity index (χ0) is 20.0. The lowest BCUT2D eigenvalue weighted by molar-refractivity contribution is -0.144. The number of morpholine rings is 1. The van der Waals surface area contributed by atoms with Crippen molar-refractivity contribution in [2.75, 3.05) is 39.9 Å². The van der Waals surface area contributed by atoms with Crippen LogP contribution in [0.25, 0.3) is 11.1 Å². The van der Waals surface area contributed by atoms with Crippen LogP contribution in [0.3, 0.4) is 0 Å². The third kappa shape index (κ3) is 3.38. The van der Waals surface area contributed by atoms with Gasteiger partial charge >= 0.3 is 0 Å². The zero-order valence-electron chi connectivity index (χ0n) is 16.7. The van der Waals surface area contributed by atoms with Gasteiger partial charge in [0, 0.05) is 61.8 Å². The predicted octanol–water partition coefficient (Wildman–Crippen LogP) is 1.19. The lowest BCUT2D eigenvalue weighted by Crippen LogP contribution is -2.57. The van der Waals surface area contributed by atoms with Crippen molar-refractivity contribution in [1.82, 2.24) is 19.4 Å². The van der Waals surface area contributed by atoms with Gasteiger partial charge in [0.05, 0.1) is 13.2 Å². The van der Waals surface area contributed by atoms with Crippen LogP contribution in [0, 0.1) is 5.92 Å². The van der Waals surface area contributed by atoms with Crippen molar-refractivity contribution in [3.8, 4) is 11.1 Å². The molecule has 29 heavy (non-hydrogen) atoms. The zero-order valence-corrected chi connectivity index (χ0v) is 16.7. The lowest BCUT2D eigenvalue weighted by atomic mass is 9.82. The summed E-state index contributed by atoms with van der Waals surface area (Å²) in [7, 11) is 1.99. The number of nitrogens with zero attached hydrogens (tertiary/aromatic N) is 4. The highest BCUT2D eigenvalue weighted by molar-refractivity contribution is 5.82. The van der Waals surface area contributed by atoms with Gasteiger partial charge in [0.1, 0.15) is 6.04 Å². The first kappa shape index (κ1) is 18.5. The normalized spacial score (nSPS) is 26.8. The highest BCUT2D eigenvalue weighted by Gasteiger charge is 2.39. The second-order valence-electron chi connectivity index (χ2n) is 8.47. The maximum atomic E-state index is 13.2. The first-order chi connectivity index (χ1) is 14.1. The topological polar surface area (TPSA) is 67.7 Å². The molecule has 2 fully saturated rings. The Morgan fingerprint density at radius 3 is 2.90 bits per heavy atom. The highest BCUT2D eigenvalue weighted by atomic mass is 16.5. The predicted molar refractivity (Wildman–Crippen MR) is 109 cm³/mol. The summed E-state index contributed by atoms with van der Waals surface area (Å²) in [6.45, 7) is 3.98. The number of ether oxygens (including phenoxy) is 1. The minimum absolute atomic E-state index is 0.0382. The Kier molecular flexibility index (Phi) is 4.72. The van der Waals surface area contributed by atoms with Crippen molar-refractivity contribution in [2.24, 2.45) is 5.92 Å². The number of hydrogen-bond donors (Lipinski definition) is 0. The minimum atomic E-state index is -0.202. The summed E-state index contributed by atoms with van der Waals surface area (Å²) in [5.41, 5.74) is 2.92. The van der Waals surface area contributed by atoms with Crippen LogP contribution < -0.4 is 5.56 Å². The molecular formula is C22H26N4O3. The second kappa shape index (κ2) is 7.39. The van der Waals surface area contributed by atoms with Crippen LogP contribution in [0.5, 0.6) is 0 Å². The number of aromatic nitrogens is 2. The molecule has 0 aliphatic carbocycles. The van der Waals surface area contributed by atoms with Crippen LogP contribution in [0.2, 0.25) is 0 Å². The molecule has 0 N–H and O–H groups in total. The van der Waals surface area contributed by atoms with E-state index in [0.29, 0.717) is 32.2 Å². The number of piperidine rings is 1. The summed E-state index contributed by atoms with van der Waals surface area (Å²) in [6, 6.07) is 7.47. The molecule has 2 saturated heterocycles. The number of amides is 1. The van der Waals surface area contributed by atoms with Crippen LogP contribution in [0.4, 0.5) is 0 Å². The van der Waals surface area contributed by atoms with Gasteiger partial charge in [-0.25, -0.2) is 0 Å². The fourth-order valence-corrected chi connectivity index (χ4v) is 5.00. The fraction of sp³-hybridized carbons (Fsp3) is 0.500. The van der Waals surface area contributed by atoms with Crippen LogP contribution in [0.15, 0.2) is 41.5 Å². The van der Waals surface area contributed by atoms with Gasteiger partial charge in [0.15, 0.2) is 0 Å². The second-order valence-corrected chi connectivity index (χ2v) is 8.47. The van der Waals surface area contributed by atoms with Crippen molar-refractivity contribution in [3.05, 3.63) is 52.7 Å². The van der Waals surface area contributed by atoms with Crippen LogP contribution in [-0.4, -0.2) is 71.2 Å². The van der Waals surface area contributed by atoms with Gasteiger partial charge in [-0.3, -0.25) is 19.5 Å². The van der Waals surface area contributed by atoms with E-state index in [9.17, 15) is 9.59 Å². The third-order valence-corrected chi connectivity index (χ3v) is 6.54. The van der Waals surface area contributed by atoms with Crippen LogP contribution in [0.1, 0.15) is 18.0 Å². The number of fused-ring (bicyclic) bond motifs is 4.